The fraction of sp³-hybridized carbons (Fsp3) is 0.417. The van der Waals surface area contributed by atoms with Crippen LogP contribution in [0.15, 0.2) is 11.0 Å². The highest BCUT2D eigenvalue weighted by atomic mass is 16.1. The smallest absolute Gasteiger partial charge is 0.194 e. The molecular formula is C12H14N2O. The first-order chi connectivity index (χ1) is 7.18. The highest BCUT2D eigenvalue weighted by molar-refractivity contribution is 5.81. The van der Waals surface area contributed by atoms with E-state index in [9.17, 15) is 4.79 Å². The summed E-state index contributed by atoms with van der Waals surface area (Å²) in [5, 5.41) is 0.873. The Bertz CT molecular complexity index is 604. The molecule has 1 aliphatic carbocycles. The third kappa shape index (κ3) is 1.03. The van der Waals surface area contributed by atoms with E-state index in [4.69, 9.17) is 0 Å². The van der Waals surface area contributed by atoms with Gasteiger partial charge in [-0.25, -0.2) is 0 Å². The third-order valence-electron chi connectivity index (χ3n) is 3.36. The zero-order valence-corrected chi connectivity index (χ0v) is 9.05. The van der Waals surface area contributed by atoms with Gasteiger partial charge in [-0.3, -0.25) is 4.79 Å². The second kappa shape index (κ2) is 2.75. The molecule has 0 aromatic carbocycles. The van der Waals surface area contributed by atoms with Crippen LogP contribution in [0.3, 0.4) is 0 Å². The molecule has 0 spiro atoms. The Morgan fingerprint density at radius 3 is 3.00 bits per heavy atom. The molecule has 0 radical (unpaired) electrons. The maximum Gasteiger partial charge on any atom is 0.194 e. The monoisotopic (exact) mass is 202 g/mol. The van der Waals surface area contributed by atoms with Gasteiger partial charge in [-0.15, -0.1) is 0 Å². The van der Waals surface area contributed by atoms with E-state index in [1.54, 1.807) is 0 Å². The van der Waals surface area contributed by atoms with Crippen LogP contribution in [0.25, 0.3) is 11.0 Å². The molecule has 15 heavy (non-hydrogen) atoms. The molecule has 3 nitrogen and oxygen atoms in total. The fourth-order valence-corrected chi connectivity index (χ4v) is 2.65. The molecule has 0 atom stereocenters. The summed E-state index contributed by atoms with van der Waals surface area (Å²) < 4.78 is 2.00. The van der Waals surface area contributed by atoms with Crippen LogP contribution in [0, 0.1) is 6.92 Å². The summed E-state index contributed by atoms with van der Waals surface area (Å²) in [7, 11) is 1.98. The summed E-state index contributed by atoms with van der Waals surface area (Å²) >= 11 is 0. The predicted octanol–water partition coefficient (Wildman–Crippen LogP) is 1.66. The number of H-pyrrole nitrogens is 1. The number of hydrogen-bond acceptors (Lipinski definition) is 1. The summed E-state index contributed by atoms with van der Waals surface area (Å²) in [5.74, 6) is 0. The number of hydrogen-bond donors (Lipinski definition) is 1. The maximum absolute atomic E-state index is 12.2. The van der Waals surface area contributed by atoms with Crippen LogP contribution in [0.2, 0.25) is 0 Å². The van der Waals surface area contributed by atoms with Crippen LogP contribution >= 0.6 is 0 Å². The van der Waals surface area contributed by atoms with Gasteiger partial charge in [0.05, 0.1) is 5.39 Å². The molecule has 0 saturated carbocycles. The van der Waals surface area contributed by atoms with E-state index in [-0.39, 0.29) is 5.43 Å². The lowest BCUT2D eigenvalue weighted by molar-refractivity contribution is 0.891. The van der Waals surface area contributed by atoms with Crippen LogP contribution in [-0.4, -0.2) is 9.55 Å². The molecule has 2 aromatic heterocycles. The molecule has 3 heteroatoms. The summed E-state index contributed by atoms with van der Waals surface area (Å²) in [6.45, 7) is 2.00. The van der Waals surface area contributed by atoms with Crippen molar-refractivity contribution in [2.24, 2.45) is 7.05 Å². The van der Waals surface area contributed by atoms with Gasteiger partial charge in [0.25, 0.3) is 0 Å². The number of aromatic amines is 1. The molecule has 3 rings (SSSR count). The zero-order valence-electron chi connectivity index (χ0n) is 9.05. The maximum atomic E-state index is 12.2. The fourth-order valence-electron chi connectivity index (χ4n) is 2.65. The number of aromatic nitrogens is 2. The van der Waals surface area contributed by atoms with Crippen molar-refractivity contribution in [3.8, 4) is 0 Å². The van der Waals surface area contributed by atoms with Crippen molar-refractivity contribution >= 4 is 11.0 Å². The van der Waals surface area contributed by atoms with E-state index in [0.717, 1.165) is 47.1 Å². The van der Waals surface area contributed by atoms with Crippen LogP contribution in [0.1, 0.15) is 23.2 Å². The minimum atomic E-state index is 0.245. The van der Waals surface area contributed by atoms with Gasteiger partial charge in [-0.1, -0.05) is 0 Å². The highest BCUT2D eigenvalue weighted by Crippen LogP contribution is 2.22. The average Bonchev–Trinajstić information content (AvgIpc) is 2.73. The molecular weight excluding hydrogens is 188 g/mol. The summed E-state index contributed by atoms with van der Waals surface area (Å²) in [4.78, 5) is 15.6. The summed E-state index contributed by atoms with van der Waals surface area (Å²) in [5.41, 5.74) is 4.45. The van der Waals surface area contributed by atoms with Gasteiger partial charge in [0.15, 0.2) is 5.43 Å². The van der Waals surface area contributed by atoms with Crippen molar-refractivity contribution < 1.29 is 0 Å². The molecule has 1 N–H and O–H groups in total. The van der Waals surface area contributed by atoms with Gasteiger partial charge >= 0.3 is 0 Å². The van der Waals surface area contributed by atoms with Crippen LogP contribution in [0.4, 0.5) is 0 Å². The molecule has 2 aromatic rings. The van der Waals surface area contributed by atoms with E-state index in [1.165, 1.54) is 0 Å². The first-order valence-corrected chi connectivity index (χ1v) is 5.38. The van der Waals surface area contributed by atoms with E-state index in [1.807, 2.05) is 24.7 Å². The number of nitrogens with one attached hydrogen (secondary N) is 1. The molecule has 1 aliphatic rings. The molecule has 0 fully saturated rings. The molecule has 78 valence electrons. The predicted molar refractivity (Wildman–Crippen MR) is 60.3 cm³/mol. The molecule has 2 heterocycles. The topological polar surface area (TPSA) is 37.8 Å². The first kappa shape index (κ1) is 8.77. The Morgan fingerprint density at radius 1 is 1.40 bits per heavy atom. The van der Waals surface area contributed by atoms with Crippen molar-refractivity contribution in [3.05, 3.63) is 33.2 Å². The number of rotatable bonds is 0. The van der Waals surface area contributed by atoms with Gasteiger partial charge in [0.1, 0.15) is 5.65 Å². The van der Waals surface area contributed by atoms with Crippen molar-refractivity contribution in [1.82, 2.24) is 9.55 Å². The van der Waals surface area contributed by atoms with Gasteiger partial charge < -0.3 is 9.55 Å². The Balaban J connectivity index is 2.54. The lowest BCUT2D eigenvalue weighted by Crippen LogP contribution is -2.11. The highest BCUT2D eigenvalue weighted by Gasteiger charge is 2.19. The minimum absolute atomic E-state index is 0.245. The zero-order chi connectivity index (χ0) is 10.6. The van der Waals surface area contributed by atoms with Gasteiger partial charge in [-0.05, 0) is 31.7 Å². The second-order valence-electron chi connectivity index (χ2n) is 4.41. The SMILES string of the molecule is Cc1cn(C)c2[nH]c3c(c(=O)c12)CCC3. The van der Waals surface area contributed by atoms with Gasteiger partial charge in [0, 0.05) is 24.5 Å². The number of nitrogens with zero attached hydrogens (tertiary/aromatic N) is 1. The van der Waals surface area contributed by atoms with Crippen molar-refractivity contribution in [2.45, 2.75) is 26.2 Å². The Morgan fingerprint density at radius 2 is 2.20 bits per heavy atom. The van der Waals surface area contributed by atoms with Crippen LogP contribution in [0.5, 0.6) is 0 Å². The third-order valence-corrected chi connectivity index (χ3v) is 3.36. The standard InChI is InChI=1S/C12H14N2O/c1-7-6-14(2)12-10(7)11(15)8-4-3-5-9(8)13-12/h6H,3-5H2,1-2H3,(H,13,15). The Labute approximate surface area is 87.7 Å². The second-order valence-corrected chi connectivity index (χ2v) is 4.41. The van der Waals surface area contributed by atoms with Crippen molar-refractivity contribution in [1.29, 1.82) is 0 Å². The number of pyridine rings is 1. The number of fused-ring (bicyclic) bond motifs is 2. The summed E-state index contributed by atoms with van der Waals surface area (Å²) in [6.07, 6.45) is 5.08. The normalized spacial score (nSPS) is 14.8. The largest absolute Gasteiger partial charge is 0.344 e. The van der Waals surface area contributed by atoms with E-state index in [0.29, 0.717) is 0 Å². The van der Waals surface area contributed by atoms with Gasteiger partial charge in [0.2, 0.25) is 0 Å². The van der Waals surface area contributed by atoms with E-state index < -0.39 is 0 Å². The quantitative estimate of drug-likeness (QED) is 0.693. The molecule has 0 unspecified atom stereocenters. The Hall–Kier alpha value is -1.51. The molecule has 0 amide bonds. The molecule has 0 bridgehead atoms. The van der Waals surface area contributed by atoms with Crippen molar-refractivity contribution in [2.75, 3.05) is 0 Å². The summed E-state index contributed by atoms with van der Waals surface area (Å²) in [6, 6.07) is 0. The van der Waals surface area contributed by atoms with Crippen LogP contribution in [-0.2, 0) is 19.9 Å². The molecule has 0 saturated heterocycles. The van der Waals surface area contributed by atoms with Crippen LogP contribution < -0.4 is 5.43 Å². The Kier molecular flexibility index (Phi) is 1.61. The molecule has 0 aliphatic heterocycles. The first-order valence-electron chi connectivity index (χ1n) is 5.38. The average molecular weight is 202 g/mol. The minimum Gasteiger partial charge on any atom is -0.344 e. The van der Waals surface area contributed by atoms with Crippen molar-refractivity contribution in [3.63, 3.8) is 0 Å². The lowest BCUT2D eigenvalue weighted by atomic mass is 10.1. The van der Waals surface area contributed by atoms with E-state index >= 15 is 0 Å². The lowest BCUT2D eigenvalue weighted by Gasteiger charge is -2.02. The van der Waals surface area contributed by atoms with E-state index in [2.05, 4.69) is 4.98 Å². The van der Waals surface area contributed by atoms with Gasteiger partial charge in [-0.2, -0.15) is 0 Å². The number of aryl methyl sites for hydroxylation is 3.